The van der Waals surface area contributed by atoms with Crippen LogP contribution in [0.15, 0.2) is 41.4 Å². The molecule has 9 heteroatoms. The maximum atomic E-state index is 13.9. The lowest BCUT2D eigenvalue weighted by molar-refractivity contribution is -0.141. The zero-order chi connectivity index (χ0) is 19.0. The third kappa shape index (κ3) is 3.17. The molecular weight excluding hydrogens is 375 g/mol. The molecular formula is C18H13FN2O5S. The van der Waals surface area contributed by atoms with E-state index in [0.717, 1.165) is 4.70 Å². The summed E-state index contributed by atoms with van der Waals surface area (Å²) in [7, 11) is 1.27. The maximum Gasteiger partial charge on any atom is 0.325 e. The van der Waals surface area contributed by atoms with Gasteiger partial charge in [-0.25, -0.2) is 4.39 Å². The first-order valence-electron chi connectivity index (χ1n) is 7.90. The molecule has 7 nitrogen and oxygen atoms in total. The first-order chi connectivity index (χ1) is 13.1. The van der Waals surface area contributed by atoms with Crippen LogP contribution in [0, 0.1) is 5.82 Å². The van der Waals surface area contributed by atoms with Gasteiger partial charge < -0.3 is 18.8 Å². The topological polar surface area (TPSA) is 79.1 Å². The van der Waals surface area contributed by atoms with Gasteiger partial charge in [-0.2, -0.15) is 4.99 Å². The molecule has 0 aliphatic carbocycles. The van der Waals surface area contributed by atoms with Crippen LogP contribution in [-0.4, -0.2) is 30.3 Å². The maximum absolute atomic E-state index is 13.9. The second-order valence-corrected chi connectivity index (χ2v) is 6.63. The van der Waals surface area contributed by atoms with Crippen molar-refractivity contribution in [1.29, 1.82) is 0 Å². The summed E-state index contributed by atoms with van der Waals surface area (Å²) in [5.74, 6) is -0.801. The van der Waals surface area contributed by atoms with Gasteiger partial charge in [0, 0.05) is 12.1 Å². The van der Waals surface area contributed by atoms with E-state index >= 15 is 0 Å². The van der Waals surface area contributed by atoms with Crippen LogP contribution in [0.25, 0.3) is 10.2 Å². The molecule has 0 fully saturated rings. The van der Waals surface area contributed by atoms with Gasteiger partial charge in [-0.05, 0) is 12.1 Å². The van der Waals surface area contributed by atoms with Crippen molar-refractivity contribution in [2.75, 3.05) is 13.9 Å². The number of thiazole rings is 1. The summed E-state index contributed by atoms with van der Waals surface area (Å²) >= 11 is 1.18. The highest BCUT2D eigenvalue weighted by molar-refractivity contribution is 7.16. The van der Waals surface area contributed by atoms with Crippen molar-refractivity contribution in [3.8, 4) is 11.5 Å². The van der Waals surface area contributed by atoms with Crippen molar-refractivity contribution >= 4 is 33.4 Å². The Kier molecular flexibility index (Phi) is 4.36. The number of aromatic nitrogens is 1. The lowest BCUT2D eigenvalue weighted by Gasteiger charge is -2.04. The molecule has 0 N–H and O–H groups in total. The number of methoxy groups -OCH3 is 1. The number of amides is 1. The predicted octanol–water partition coefficient (Wildman–Crippen LogP) is 2.48. The van der Waals surface area contributed by atoms with Gasteiger partial charge in [0.05, 0.1) is 22.9 Å². The SMILES string of the molecule is COC(=O)Cn1c(=NC(=O)c2ccccc2F)sc2cc3c(cc21)OCO3. The van der Waals surface area contributed by atoms with Crippen LogP contribution in [0.4, 0.5) is 4.39 Å². The van der Waals surface area contributed by atoms with E-state index in [2.05, 4.69) is 4.99 Å². The second kappa shape index (κ2) is 6.84. The highest BCUT2D eigenvalue weighted by Crippen LogP contribution is 2.37. The summed E-state index contributed by atoms with van der Waals surface area (Å²) < 4.78 is 31.6. The molecule has 138 valence electrons. The molecule has 0 atom stereocenters. The van der Waals surface area contributed by atoms with Gasteiger partial charge in [0.15, 0.2) is 16.3 Å². The molecule has 0 unspecified atom stereocenters. The van der Waals surface area contributed by atoms with Crippen molar-refractivity contribution in [3.63, 3.8) is 0 Å². The number of halogens is 1. The number of carbonyl (C=O) groups excluding carboxylic acids is 2. The van der Waals surface area contributed by atoms with Crippen LogP contribution in [0.2, 0.25) is 0 Å². The minimum absolute atomic E-state index is 0.118. The average Bonchev–Trinajstić information content (AvgIpc) is 3.24. The number of hydrogen-bond donors (Lipinski definition) is 0. The van der Waals surface area contributed by atoms with Gasteiger partial charge >= 0.3 is 5.97 Å². The Bertz CT molecular complexity index is 1130. The minimum atomic E-state index is -0.738. The molecule has 27 heavy (non-hydrogen) atoms. The largest absolute Gasteiger partial charge is 0.468 e. The summed E-state index contributed by atoms with van der Waals surface area (Å²) in [4.78, 5) is 28.6. The van der Waals surface area contributed by atoms with Crippen LogP contribution in [-0.2, 0) is 16.1 Å². The van der Waals surface area contributed by atoms with E-state index < -0.39 is 17.7 Å². The second-order valence-electron chi connectivity index (χ2n) is 5.62. The Morgan fingerprint density at radius 3 is 2.74 bits per heavy atom. The summed E-state index contributed by atoms with van der Waals surface area (Å²) in [5.41, 5.74) is 0.489. The van der Waals surface area contributed by atoms with Gasteiger partial charge in [-0.15, -0.1) is 0 Å². The normalized spacial score (nSPS) is 13.2. The monoisotopic (exact) mass is 388 g/mol. The molecule has 2 heterocycles. The third-order valence-electron chi connectivity index (χ3n) is 3.99. The summed E-state index contributed by atoms with van der Waals surface area (Å²) in [5, 5.41) is 0. The van der Waals surface area contributed by atoms with E-state index in [-0.39, 0.29) is 23.7 Å². The molecule has 0 bridgehead atoms. The fourth-order valence-electron chi connectivity index (χ4n) is 2.67. The third-order valence-corrected chi connectivity index (χ3v) is 5.03. The smallest absolute Gasteiger partial charge is 0.325 e. The predicted molar refractivity (Wildman–Crippen MR) is 94.2 cm³/mol. The van der Waals surface area contributed by atoms with Gasteiger partial charge in [0.2, 0.25) is 6.79 Å². The molecule has 1 aliphatic rings. The van der Waals surface area contributed by atoms with Crippen LogP contribution in [0.3, 0.4) is 0 Å². The number of rotatable bonds is 3. The van der Waals surface area contributed by atoms with E-state index in [4.69, 9.17) is 14.2 Å². The van der Waals surface area contributed by atoms with Gasteiger partial charge in [0.25, 0.3) is 5.91 Å². The number of fused-ring (bicyclic) bond motifs is 2. The molecule has 2 aromatic carbocycles. The quantitative estimate of drug-likeness (QED) is 0.644. The van der Waals surface area contributed by atoms with Crippen LogP contribution < -0.4 is 14.3 Å². The van der Waals surface area contributed by atoms with Crippen molar-refractivity contribution in [3.05, 3.63) is 52.6 Å². The van der Waals surface area contributed by atoms with E-state index in [1.165, 1.54) is 41.2 Å². The summed E-state index contributed by atoms with van der Waals surface area (Å²) in [6, 6.07) is 9.06. The molecule has 1 amide bonds. The van der Waals surface area contributed by atoms with Gasteiger partial charge in [0.1, 0.15) is 12.4 Å². The summed E-state index contributed by atoms with van der Waals surface area (Å²) in [6.45, 7) is -0.0356. The Morgan fingerprint density at radius 2 is 2.00 bits per heavy atom. The van der Waals surface area contributed by atoms with Crippen LogP contribution in [0.5, 0.6) is 11.5 Å². The van der Waals surface area contributed by atoms with Gasteiger partial charge in [-0.1, -0.05) is 23.5 Å². The van der Waals surface area contributed by atoms with Gasteiger partial charge in [-0.3, -0.25) is 9.59 Å². The van der Waals surface area contributed by atoms with Crippen LogP contribution >= 0.6 is 11.3 Å². The number of benzene rings is 2. The van der Waals surface area contributed by atoms with E-state index in [0.29, 0.717) is 17.0 Å². The van der Waals surface area contributed by atoms with Crippen molar-refractivity contribution in [2.24, 2.45) is 4.99 Å². The molecule has 1 aromatic heterocycles. The minimum Gasteiger partial charge on any atom is -0.468 e. The average molecular weight is 388 g/mol. The molecule has 1 aliphatic heterocycles. The number of nitrogens with zero attached hydrogens (tertiary/aromatic N) is 2. The fraction of sp³-hybridized carbons (Fsp3) is 0.167. The Labute approximate surface area is 156 Å². The zero-order valence-electron chi connectivity index (χ0n) is 14.1. The van der Waals surface area contributed by atoms with E-state index in [1.54, 1.807) is 18.2 Å². The van der Waals surface area contributed by atoms with Crippen molar-refractivity contribution in [2.45, 2.75) is 6.54 Å². The lowest BCUT2D eigenvalue weighted by atomic mass is 10.2. The Hall–Kier alpha value is -3.20. The molecule has 4 rings (SSSR count). The standard InChI is InChI=1S/C18H13FN2O5S/c1-24-16(22)8-21-12-6-13-14(26-9-25-13)7-15(12)27-18(21)20-17(23)10-4-2-3-5-11(10)19/h2-7H,8-9H2,1H3. The Morgan fingerprint density at radius 1 is 1.26 bits per heavy atom. The zero-order valence-corrected chi connectivity index (χ0v) is 14.9. The Balaban J connectivity index is 1.88. The highest BCUT2D eigenvalue weighted by atomic mass is 32.1. The summed E-state index contributed by atoms with van der Waals surface area (Å²) in [6.07, 6.45) is 0. The number of esters is 1. The first kappa shape index (κ1) is 17.2. The fourth-order valence-corrected chi connectivity index (χ4v) is 3.71. The number of hydrogen-bond acceptors (Lipinski definition) is 6. The molecule has 0 spiro atoms. The number of carbonyl (C=O) groups is 2. The highest BCUT2D eigenvalue weighted by Gasteiger charge is 2.19. The first-order valence-corrected chi connectivity index (χ1v) is 8.72. The van der Waals surface area contributed by atoms with Crippen LogP contribution in [0.1, 0.15) is 10.4 Å². The lowest BCUT2D eigenvalue weighted by Crippen LogP contribution is -2.22. The molecule has 0 saturated carbocycles. The molecule has 0 saturated heterocycles. The number of ether oxygens (including phenoxy) is 3. The molecule has 3 aromatic rings. The van der Waals surface area contributed by atoms with Crippen molar-refractivity contribution < 1.29 is 28.2 Å². The van der Waals surface area contributed by atoms with E-state index in [1.807, 2.05) is 0 Å². The van der Waals surface area contributed by atoms with Crippen molar-refractivity contribution in [1.82, 2.24) is 4.57 Å². The molecule has 0 radical (unpaired) electrons. The van der Waals surface area contributed by atoms with E-state index in [9.17, 15) is 14.0 Å².